The minimum absolute atomic E-state index is 0.0449. The molecule has 0 aromatic carbocycles. The first-order valence-electron chi connectivity index (χ1n) is 8.32. The quantitative estimate of drug-likeness (QED) is 0.246. The van der Waals surface area contributed by atoms with Crippen molar-refractivity contribution in [1.82, 2.24) is 19.5 Å². The van der Waals surface area contributed by atoms with E-state index in [1.165, 1.54) is 0 Å². The number of esters is 1. The standard InChI is InChI=1S/C14H18ClFN5O8P/c1-14(12(23)27-2,30(24,25)26)28-3-5-8(22)6(16)11(29-5)21-4-18-7-9(17)19-13(15)20-10(7)21/h4-6,8,11,22H,3H2,1-2H3,(H2,17,19,20)(H2,24,25,26)/t5-,6+,8-,11-,14?/m1/s1. The molecule has 2 aromatic heterocycles. The Morgan fingerprint density at radius 3 is 2.77 bits per heavy atom. The summed E-state index contributed by atoms with van der Waals surface area (Å²) in [6, 6.07) is 0. The predicted octanol–water partition coefficient (Wildman–Crippen LogP) is -0.258. The van der Waals surface area contributed by atoms with E-state index in [1.807, 2.05) is 0 Å². The lowest BCUT2D eigenvalue weighted by atomic mass is 10.1. The monoisotopic (exact) mass is 469 g/mol. The Bertz CT molecular complexity index is 1020. The highest BCUT2D eigenvalue weighted by Crippen LogP contribution is 2.52. The van der Waals surface area contributed by atoms with Gasteiger partial charge in [-0.15, -0.1) is 0 Å². The van der Waals surface area contributed by atoms with E-state index in [-0.39, 0.29) is 22.3 Å². The summed E-state index contributed by atoms with van der Waals surface area (Å²) >= 11 is 5.77. The van der Waals surface area contributed by atoms with Crippen LogP contribution in [0.1, 0.15) is 13.2 Å². The van der Waals surface area contributed by atoms with Crippen LogP contribution in [0.2, 0.25) is 5.28 Å². The van der Waals surface area contributed by atoms with E-state index in [0.29, 0.717) is 0 Å². The molecule has 13 nitrogen and oxygen atoms in total. The van der Waals surface area contributed by atoms with Gasteiger partial charge >= 0.3 is 13.6 Å². The van der Waals surface area contributed by atoms with Crippen LogP contribution in [-0.2, 0) is 23.6 Å². The average molecular weight is 470 g/mol. The smallest absolute Gasteiger partial charge is 0.368 e. The number of rotatable bonds is 6. The zero-order valence-electron chi connectivity index (χ0n) is 15.5. The molecular weight excluding hydrogens is 452 g/mol. The van der Waals surface area contributed by atoms with E-state index in [9.17, 15) is 28.6 Å². The summed E-state index contributed by atoms with van der Waals surface area (Å²) in [5.74, 6) is -1.40. The van der Waals surface area contributed by atoms with Crippen LogP contribution < -0.4 is 5.73 Å². The molecule has 166 valence electrons. The lowest BCUT2D eigenvalue weighted by molar-refractivity contribution is -0.164. The number of anilines is 1. The third-order valence-electron chi connectivity index (χ3n) is 4.64. The van der Waals surface area contributed by atoms with Crippen molar-refractivity contribution in [3.05, 3.63) is 11.6 Å². The van der Waals surface area contributed by atoms with Gasteiger partial charge < -0.3 is 34.8 Å². The van der Waals surface area contributed by atoms with Gasteiger partial charge in [0.05, 0.1) is 20.0 Å². The summed E-state index contributed by atoms with van der Waals surface area (Å²) in [5, 5.41) is 7.30. The van der Waals surface area contributed by atoms with Gasteiger partial charge in [-0.1, -0.05) is 0 Å². The lowest BCUT2D eigenvalue weighted by Crippen LogP contribution is -2.43. The topological polar surface area (TPSA) is 192 Å². The number of nitrogen functional groups attached to an aromatic ring is 1. The molecule has 0 spiro atoms. The number of nitrogens with two attached hydrogens (primary N) is 1. The van der Waals surface area contributed by atoms with Crippen LogP contribution in [0.15, 0.2) is 6.33 Å². The van der Waals surface area contributed by atoms with Gasteiger partial charge in [-0.05, 0) is 18.5 Å². The molecule has 0 radical (unpaired) electrons. The lowest BCUT2D eigenvalue weighted by Gasteiger charge is -2.29. The molecule has 0 amide bonds. The number of ether oxygens (including phenoxy) is 3. The van der Waals surface area contributed by atoms with Crippen LogP contribution in [0.3, 0.4) is 0 Å². The minimum Gasteiger partial charge on any atom is -0.466 e. The van der Waals surface area contributed by atoms with Crippen molar-refractivity contribution >= 4 is 42.1 Å². The van der Waals surface area contributed by atoms with Gasteiger partial charge in [-0.25, -0.2) is 14.2 Å². The molecule has 3 rings (SSSR count). The summed E-state index contributed by atoms with van der Waals surface area (Å²) < 4.78 is 42.5. The molecule has 1 fully saturated rings. The first kappa shape index (κ1) is 22.7. The molecule has 0 saturated carbocycles. The molecule has 1 saturated heterocycles. The second kappa shape index (κ2) is 7.96. The van der Waals surface area contributed by atoms with Crippen molar-refractivity contribution in [2.75, 3.05) is 19.5 Å². The largest absolute Gasteiger partial charge is 0.466 e. The van der Waals surface area contributed by atoms with Crippen molar-refractivity contribution in [3.8, 4) is 0 Å². The van der Waals surface area contributed by atoms with Crippen LogP contribution in [-0.4, -0.2) is 77.8 Å². The minimum atomic E-state index is -5.15. The third-order valence-corrected chi connectivity index (χ3v) is 6.23. The van der Waals surface area contributed by atoms with Crippen molar-refractivity contribution in [2.24, 2.45) is 0 Å². The molecule has 0 aliphatic carbocycles. The highest BCUT2D eigenvalue weighted by Gasteiger charge is 2.54. The first-order chi connectivity index (χ1) is 13.9. The Morgan fingerprint density at radius 2 is 2.17 bits per heavy atom. The number of hydrogen-bond donors (Lipinski definition) is 4. The summed E-state index contributed by atoms with van der Waals surface area (Å²) in [5.41, 5.74) is 5.88. The number of aliphatic hydroxyl groups is 1. The number of carbonyl (C=O) groups excluding carboxylic acids is 1. The Balaban J connectivity index is 1.84. The molecular formula is C14H18ClFN5O8P. The van der Waals surface area contributed by atoms with Gasteiger partial charge in [0, 0.05) is 0 Å². The second-order valence-corrected chi connectivity index (χ2v) is 8.81. The number of halogens is 2. The van der Waals surface area contributed by atoms with E-state index >= 15 is 0 Å². The molecule has 30 heavy (non-hydrogen) atoms. The fourth-order valence-electron chi connectivity index (χ4n) is 2.86. The Morgan fingerprint density at radius 1 is 1.50 bits per heavy atom. The molecule has 1 aliphatic heterocycles. The highest BCUT2D eigenvalue weighted by molar-refractivity contribution is 7.54. The number of imidazole rings is 1. The van der Waals surface area contributed by atoms with E-state index in [2.05, 4.69) is 19.7 Å². The normalized spacial score (nSPS) is 26.6. The number of fused-ring (bicyclic) bond motifs is 1. The summed E-state index contributed by atoms with van der Waals surface area (Å²) in [6.07, 6.45) is -5.45. The van der Waals surface area contributed by atoms with E-state index < -0.39 is 50.1 Å². The molecule has 1 unspecified atom stereocenters. The van der Waals surface area contributed by atoms with Crippen molar-refractivity contribution in [1.29, 1.82) is 0 Å². The maximum absolute atomic E-state index is 14.8. The molecule has 2 aromatic rings. The molecule has 1 aliphatic rings. The maximum atomic E-state index is 14.8. The fraction of sp³-hybridized carbons (Fsp3) is 0.571. The number of hydrogen-bond acceptors (Lipinski definition) is 10. The van der Waals surface area contributed by atoms with Crippen LogP contribution >= 0.6 is 19.2 Å². The zero-order valence-corrected chi connectivity index (χ0v) is 17.2. The van der Waals surface area contributed by atoms with Crippen molar-refractivity contribution in [3.63, 3.8) is 0 Å². The number of methoxy groups -OCH3 is 1. The number of alkyl halides is 1. The summed E-state index contributed by atoms with van der Waals surface area (Å²) in [4.78, 5) is 42.4. The molecule has 16 heteroatoms. The van der Waals surface area contributed by atoms with Gasteiger partial charge in [0.2, 0.25) is 5.28 Å². The summed E-state index contributed by atoms with van der Waals surface area (Å²) in [7, 11) is -4.23. The zero-order chi connectivity index (χ0) is 22.4. The van der Waals surface area contributed by atoms with Gasteiger partial charge in [0.15, 0.2) is 23.9 Å². The maximum Gasteiger partial charge on any atom is 0.368 e. The van der Waals surface area contributed by atoms with Gasteiger partial charge in [0.25, 0.3) is 5.34 Å². The first-order valence-corrected chi connectivity index (χ1v) is 10.3. The number of aliphatic hydroxyl groups excluding tert-OH is 1. The van der Waals surface area contributed by atoms with Crippen molar-refractivity contribution < 1.29 is 42.9 Å². The number of aromatic nitrogens is 4. The van der Waals surface area contributed by atoms with E-state index in [0.717, 1.165) is 24.9 Å². The SMILES string of the molecule is COC(=O)C(C)(OC[C@H]1O[C@@H](n2cnc3c(N)nc(Cl)nc32)[C@@H](F)[C@@H]1O)P(=O)(O)O. The van der Waals surface area contributed by atoms with Gasteiger partial charge in [-0.2, -0.15) is 9.97 Å². The Labute approximate surface area is 173 Å². The highest BCUT2D eigenvalue weighted by atomic mass is 35.5. The van der Waals surface area contributed by atoms with E-state index in [4.69, 9.17) is 26.8 Å². The van der Waals surface area contributed by atoms with E-state index in [1.54, 1.807) is 0 Å². The van der Waals surface area contributed by atoms with Crippen LogP contribution in [0.4, 0.5) is 10.2 Å². The van der Waals surface area contributed by atoms with Crippen LogP contribution in [0.25, 0.3) is 11.2 Å². The summed E-state index contributed by atoms with van der Waals surface area (Å²) in [6.45, 7) is 0.0791. The Hall–Kier alpha value is -1.93. The molecule has 5 N–H and O–H groups in total. The van der Waals surface area contributed by atoms with Crippen LogP contribution in [0, 0.1) is 0 Å². The predicted molar refractivity (Wildman–Crippen MR) is 98.0 cm³/mol. The fourth-order valence-corrected chi connectivity index (χ4v) is 3.60. The van der Waals surface area contributed by atoms with Gasteiger partial charge in [0.1, 0.15) is 17.7 Å². The number of carbonyl (C=O) groups is 1. The molecule has 0 bridgehead atoms. The van der Waals surface area contributed by atoms with Gasteiger partial charge in [-0.3, -0.25) is 9.13 Å². The Kier molecular flexibility index (Phi) is 6.04. The van der Waals surface area contributed by atoms with Crippen molar-refractivity contribution in [2.45, 2.75) is 36.9 Å². The second-order valence-electron chi connectivity index (χ2n) is 6.53. The number of nitrogens with zero attached hydrogens (tertiary/aromatic N) is 4. The third kappa shape index (κ3) is 3.75. The van der Waals surface area contributed by atoms with Crippen LogP contribution in [0.5, 0.6) is 0 Å². The molecule has 3 heterocycles. The molecule has 5 atom stereocenters. The average Bonchev–Trinajstić information content (AvgIpc) is 3.20.